The largest absolute Gasteiger partial charge is 0.338 e. The van der Waals surface area contributed by atoms with E-state index >= 15 is 0 Å². The molecule has 0 aliphatic heterocycles. The minimum Gasteiger partial charge on any atom is -0.338 e. The third-order valence-electron chi connectivity index (χ3n) is 3.04. The standard InChI is InChI=1S/C17H20N2O/c1-14-7-5-8-15(13-14)9-6-12-18-17(20)19-16-10-3-2-4-11-16/h2-5,7-8,10-11,13H,6,9,12H2,1H3,(H2,18,19,20). The zero-order chi connectivity index (χ0) is 14.2. The third-order valence-corrected chi connectivity index (χ3v) is 3.04. The summed E-state index contributed by atoms with van der Waals surface area (Å²) in [5.41, 5.74) is 3.40. The van der Waals surface area contributed by atoms with Crippen molar-refractivity contribution in [3.63, 3.8) is 0 Å². The van der Waals surface area contributed by atoms with Crippen molar-refractivity contribution < 1.29 is 4.79 Å². The lowest BCUT2D eigenvalue weighted by Crippen LogP contribution is -2.29. The van der Waals surface area contributed by atoms with Crippen molar-refractivity contribution in [2.24, 2.45) is 0 Å². The molecule has 3 nitrogen and oxygen atoms in total. The molecule has 0 fully saturated rings. The fourth-order valence-electron chi connectivity index (χ4n) is 2.06. The SMILES string of the molecule is Cc1cccc(CCCNC(=O)Nc2ccccc2)c1. The van der Waals surface area contributed by atoms with Crippen LogP contribution < -0.4 is 10.6 Å². The van der Waals surface area contributed by atoms with Gasteiger partial charge in [0.1, 0.15) is 0 Å². The van der Waals surface area contributed by atoms with Gasteiger partial charge in [0.2, 0.25) is 0 Å². The van der Waals surface area contributed by atoms with Crippen molar-refractivity contribution in [2.45, 2.75) is 19.8 Å². The van der Waals surface area contributed by atoms with Crippen LogP contribution in [0.2, 0.25) is 0 Å². The quantitative estimate of drug-likeness (QED) is 0.797. The van der Waals surface area contributed by atoms with Gasteiger partial charge in [0.25, 0.3) is 0 Å². The molecule has 0 radical (unpaired) electrons. The van der Waals surface area contributed by atoms with Crippen molar-refractivity contribution in [3.05, 3.63) is 65.7 Å². The molecule has 0 spiro atoms. The Morgan fingerprint density at radius 2 is 1.85 bits per heavy atom. The zero-order valence-corrected chi connectivity index (χ0v) is 11.7. The Labute approximate surface area is 120 Å². The fraction of sp³-hybridized carbons (Fsp3) is 0.235. The second-order valence-corrected chi connectivity index (χ2v) is 4.84. The number of anilines is 1. The molecule has 2 aromatic rings. The monoisotopic (exact) mass is 268 g/mol. The van der Waals surface area contributed by atoms with E-state index in [1.54, 1.807) is 0 Å². The van der Waals surface area contributed by atoms with E-state index < -0.39 is 0 Å². The molecule has 0 aliphatic rings. The number of nitrogens with one attached hydrogen (secondary N) is 2. The van der Waals surface area contributed by atoms with Crippen LogP contribution in [0.25, 0.3) is 0 Å². The third kappa shape index (κ3) is 4.76. The molecule has 0 atom stereocenters. The van der Waals surface area contributed by atoms with Gasteiger partial charge in [-0.25, -0.2) is 4.79 Å². The Morgan fingerprint density at radius 1 is 1.05 bits per heavy atom. The summed E-state index contributed by atoms with van der Waals surface area (Å²) in [6.45, 7) is 2.77. The van der Waals surface area contributed by atoms with Crippen LogP contribution in [0.15, 0.2) is 54.6 Å². The van der Waals surface area contributed by atoms with Crippen LogP contribution in [0.1, 0.15) is 17.5 Å². The maximum atomic E-state index is 11.7. The molecule has 0 aliphatic carbocycles. The minimum atomic E-state index is -0.152. The second-order valence-electron chi connectivity index (χ2n) is 4.84. The Kier molecular flexibility index (Phi) is 5.18. The molecule has 0 heterocycles. The lowest BCUT2D eigenvalue weighted by molar-refractivity contribution is 0.252. The molecule has 2 amide bonds. The van der Waals surface area contributed by atoms with Gasteiger partial charge in [0.15, 0.2) is 0 Å². The van der Waals surface area contributed by atoms with E-state index in [2.05, 4.69) is 41.8 Å². The summed E-state index contributed by atoms with van der Waals surface area (Å²) in [5, 5.41) is 5.67. The molecule has 2 N–H and O–H groups in total. The molecule has 0 unspecified atom stereocenters. The smallest absolute Gasteiger partial charge is 0.319 e. The predicted octanol–water partition coefficient (Wildman–Crippen LogP) is 3.75. The summed E-state index contributed by atoms with van der Waals surface area (Å²) in [5.74, 6) is 0. The number of para-hydroxylation sites is 1. The number of hydrogen-bond acceptors (Lipinski definition) is 1. The molecule has 0 saturated heterocycles. The van der Waals surface area contributed by atoms with Crippen molar-refractivity contribution in [1.29, 1.82) is 0 Å². The first-order valence-corrected chi connectivity index (χ1v) is 6.89. The lowest BCUT2D eigenvalue weighted by atomic mass is 10.1. The Hall–Kier alpha value is -2.29. The van der Waals surface area contributed by atoms with E-state index in [9.17, 15) is 4.79 Å². The van der Waals surface area contributed by atoms with Crippen LogP contribution in [0.5, 0.6) is 0 Å². The normalized spacial score (nSPS) is 10.1. The van der Waals surface area contributed by atoms with Crippen LogP contribution in [0.4, 0.5) is 10.5 Å². The number of benzene rings is 2. The molecular weight excluding hydrogens is 248 g/mol. The molecule has 104 valence electrons. The number of hydrogen-bond donors (Lipinski definition) is 2. The summed E-state index contributed by atoms with van der Waals surface area (Å²) >= 11 is 0. The number of carbonyl (C=O) groups is 1. The van der Waals surface area contributed by atoms with Gasteiger partial charge in [-0.05, 0) is 37.5 Å². The Morgan fingerprint density at radius 3 is 2.60 bits per heavy atom. The van der Waals surface area contributed by atoms with E-state index in [1.807, 2.05) is 30.3 Å². The van der Waals surface area contributed by atoms with Gasteiger partial charge in [0, 0.05) is 12.2 Å². The van der Waals surface area contributed by atoms with Crippen LogP contribution in [0.3, 0.4) is 0 Å². The highest BCUT2D eigenvalue weighted by Gasteiger charge is 2.00. The average Bonchev–Trinajstić information content (AvgIpc) is 2.45. The van der Waals surface area contributed by atoms with Gasteiger partial charge in [-0.15, -0.1) is 0 Å². The molecule has 0 saturated carbocycles. The molecule has 3 heteroatoms. The van der Waals surface area contributed by atoms with E-state index in [1.165, 1.54) is 11.1 Å². The van der Waals surface area contributed by atoms with Gasteiger partial charge in [0.05, 0.1) is 0 Å². The van der Waals surface area contributed by atoms with Crippen molar-refractivity contribution in [2.75, 3.05) is 11.9 Å². The number of amides is 2. The summed E-state index contributed by atoms with van der Waals surface area (Å²) in [6, 6.07) is 17.8. The first-order valence-electron chi connectivity index (χ1n) is 6.89. The maximum absolute atomic E-state index is 11.7. The Bertz CT molecular complexity index is 552. The molecule has 2 aromatic carbocycles. The number of carbonyl (C=O) groups excluding carboxylic acids is 1. The molecule has 2 rings (SSSR count). The van der Waals surface area contributed by atoms with Gasteiger partial charge < -0.3 is 10.6 Å². The van der Waals surface area contributed by atoms with Gasteiger partial charge in [-0.2, -0.15) is 0 Å². The zero-order valence-electron chi connectivity index (χ0n) is 11.7. The van der Waals surface area contributed by atoms with Crippen molar-refractivity contribution >= 4 is 11.7 Å². The molecule has 0 aromatic heterocycles. The van der Waals surface area contributed by atoms with E-state index in [0.717, 1.165) is 18.5 Å². The highest BCUT2D eigenvalue weighted by Crippen LogP contribution is 2.06. The predicted molar refractivity (Wildman–Crippen MR) is 83.0 cm³/mol. The van der Waals surface area contributed by atoms with Crippen LogP contribution >= 0.6 is 0 Å². The fourth-order valence-corrected chi connectivity index (χ4v) is 2.06. The van der Waals surface area contributed by atoms with Crippen LogP contribution in [-0.2, 0) is 6.42 Å². The van der Waals surface area contributed by atoms with Crippen LogP contribution in [-0.4, -0.2) is 12.6 Å². The maximum Gasteiger partial charge on any atom is 0.319 e. The number of aryl methyl sites for hydroxylation is 2. The summed E-state index contributed by atoms with van der Waals surface area (Å²) in [7, 11) is 0. The molecule has 0 bridgehead atoms. The summed E-state index contributed by atoms with van der Waals surface area (Å²) < 4.78 is 0. The molecule has 20 heavy (non-hydrogen) atoms. The summed E-state index contributed by atoms with van der Waals surface area (Å²) in [6.07, 6.45) is 1.92. The van der Waals surface area contributed by atoms with E-state index in [0.29, 0.717) is 6.54 Å². The molecular formula is C17H20N2O. The van der Waals surface area contributed by atoms with Gasteiger partial charge >= 0.3 is 6.03 Å². The first-order chi connectivity index (χ1) is 9.74. The minimum absolute atomic E-state index is 0.152. The highest BCUT2D eigenvalue weighted by molar-refractivity contribution is 5.89. The van der Waals surface area contributed by atoms with Crippen molar-refractivity contribution in [1.82, 2.24) is 5.32 Å². The van der Waals surface area contributed by atoms with Crippen molar-refractivity contribution in [3.8, 4) is 0 Å². The second kappa shape index (κ2) is 7.34. The Balaban J connectivity index is 1.67. The summed E-state index contributed by atoms with van der Waals surface area (Å²) in [4.78, 5) is 11.7. The number of rotatable bonds is 5. The van der Waals surface area contributed by atoms with E-state index in [4.69, 9.17) is 0 Å². The lowest BCUT2D eigenvalue weighted by Gasteiger charge is -2.07. The van der Waals surface area contributed by atoms with Crippen LogP contribution in [0, 0.1) is 6.92 Å². The van der Waals surface area contributed by atoms with Gasteiger partial charge in [-0.3, -0.25) is 0 Å². The first kappa shape index (κ1) is 14.1. The highest BCUT2D eigenvalue weighted by atomic mass is 16.2. The topological polar surface area (TPSA) is 41.1 Å². The van der Waals surface area contributed by atoms with Gasteiger partial charge in [-0.1, -0.05) is 48.0 Å². The van der Waals surface area contributed by atoms with E-state index in [-0.39, 0.29) is 6.03 Å². The number of urea groups is 1. The average molecular weight is 268 g/mol.